The Morgan fingerprint density at radius 2 is 0.420 bits per heavy atom. The number of carbonyl (C=O) groups is 3. The summed E-state index contributed by atoms with van der Waals surface area (Å²) in [7, 11) is -9.83. The molecule has 0 bridgehead atoms. The number of phosphoric ester groups is 2. The predicted octanol–water partition coefficient (Wildman–Crippen LogP) is 28.8. The quantitative estimate of drug-likeness (QED) is 0.0146. The lowest BCUT2D eigenvalue weighted by Crippen LogP contribution is -2.30. The van der Waals surface area contributed by atoms with E-state index >= 15 is 0 Å². The van der Waals surface area contributed by atoms with Crippen molar-refractivity contribution in [2.45, 2.75) is 373 Å². The van der Waals surface area contributed by atoms with Gasteiger partial charge < -0.3 is 34.2 Å². The summed E-state index contributed by atoms with van der Waals surface area (Å²) >= 11 is 0. The predicted molar refractivity (Wildman–Crippen MR) is 500 cm³/mol. The van der Waals surface area contributed by atoms with Gasteiger partial charge in [-0.2, -0.15) is 0 Å². The molecule has 0 spiro atoms. The van der Waals surface area contributed by atoms with E-state index in [9.17, 15) is 43.5 Å². The monoisotopic (exact) mass is 1700 g/mol. The number of unbranched alkanes of at least 4 members (excludes halogenated alkanes) is 29. The van der Waals surface area contributed by atoms with Crippen LogP contribution in [0.2, 0.25) is 0 Å². The first-order chi connectivity index (χ1) is 58.2. The van der Waals surface area contributed by atoms with E-state index in [4.69, 9.17) is 32.3 Å². The third-order valence-corrected chi connectivity index (χ3v) is 20.9. The maximum Gasteiger partial charge on any atom is 0.472 e. The summed E-state index contributed by atoms with van der Waals surface area (Å²) < 4.78 is 61.4. The van der Waals surface area contributed by atoms with Crippen LogP contribution >= 0.6 is 15.6 Å². The Morgan fingerprint density at radius 3 is 0.681 bits per heavy atom. The molecule has 0 heterocycles. The minimum absolute atomic E-state index is 0.0423. The zero-order valence-electron chi connectivity index (χ0n) is 74.5. The highest BCUT2D eigenvalue weighted by Gasteiger charge is 2.29. The van der Waals surface area contributed by atoms with Gasteiger partial charge in [-0.25, -0.2) is 9.13 Å². The Balaban J connectivity index is 4.58. The molecule has 0 rings (SSSR count). The van der Waals surface area contributed by atoms with Crippen molar-refractivity contribution in [1.82, 2.24) is 0 Å². The minimum Gasteiger partial charge on any atom is -0.463 e. The minimum atomic E-state index is -4.96. The number of hydrogen-bond acceptors (Lipinski definition) is 14. The average Bonchev–Trinajstić information content (AvgIpc) is 0.905. The number of esters is 3. The van der Waals surface area contributed by atoms with Crippen LogP contribution in [-0.2, 0) is 55.8 Å². The Hall–Kier alpha value is -5.87. The third-order valence-electron chi connectivity index (χ3n) is 19.0. The van der Waals surface area contributed by atoms with Crippen molar-refractivity contribution in [2.24, 2.45) is 0 Å². The molecule has 5 atom stereocenters. The number of rotatable bonds is 86. The van der Waals surface area contributed by atoms with Gasteiger partial charge in [-0.1, -0.05) is 375 Å². The van der Waals surface area contributed by atoms with Crippen molar-refractivity contribution >= 4 is 33.6 Å². The Bertz CT molecular complexity index is 2990. The van der Waals surface area contributed by atoms with Crippen LogP contribution in [0.25, 0.3) is 0 Å². The maximum absolute atomic E-state index is 13.0. The summed E-state index contributed by atoms with van der Waals surface area (Å²) in [6, 6.07) is 0. The van der Waals surface area contributed by atoms with Crippen molar-refractivity contribution in [3.05, 3.63) is 207 Å². The molecule has 676 valence electrons. The normalized spacial score (nSPS) is 14.7. The molecule has 0 saturated carbocycles. The second-order valence-corrected chi connectivity index (χ2v) is 33.2. The number of hydrogen-bond donors (Lipinski definition) is 4. The molecule has 0 radical (unpaired) electrons. The molecule has 0 saturated heterocycles. The van der Waals surface area contributed by atoms with Crippen molar-refractivity contribution in [3.8, 4) is 0 Å². The van der Waals surface area contributed by atoms with E-state index in [-0.39, 0.29) is 19.3 Å². The number of allylic oxidation sites excluding steroid dienone is 34. The summed E-state index contributed by atoms with van der Waals surface area (Å²) in [5.74, 6) is -1.63. The molecule has 0 aliphatic rings. The third kappa shape index (κ3) is 92.7. The molecular formula is C101H166O16P2. The second-order valence-electron chi connectivity index (χ2n) is 30.3. The zero-order valence-corrected chi connectivity index (χ0v) is 76.2. The fourth-order valence-electron chi connectivity index (χ4n) is 12.1. The van der Waals surface area contributed by atoms with Crippen molar-refractivity contribution in [1.29, 1.82) is 0 Å². The highest BCUT2D eigenvalue weighted by Crippen LogP contribution is 2.45. The lowest BCUT2D eigenvalue weighted by Gasteiger charge is -2.21. The van der Waals surface area contributed by atoms with Crippen LogP contribution in [0.1, 0.15) is 355 Å². The van der Waals surface area contributed by atoms with Gasteiger partial charge in [0.05, 0.1) is 26.4 Å². The largest absolute Gasteiger partial charge is 0.472 e. The summed E-state index contributed by atoms with van der Waals surface area (Å²) in [4.78, 5) is 59.0. The molecule has 0 aromatic heterocycles. The molecule has 5 unspecified atom stereocenters. The smallest absolute Gasteiger partial charge is 0.463 e. The number of phosphoric acid groups is 2. The molecule has 0 aliphatic carbocycles. The first-order valence-corrected chi connectivity index (χ1v) is 49.4. The van der Waals surface area contributed by atoms with Gasteiger partial charge in [0, 0.05) is 19.3 Å². The summed E-state index contributed by atoms with van der Waals surface area (Å²) in [6.45, 7) is 2.30. The molecule has 0 aromatic carbocycles. The van der Waals surface area contributed by atoms with Crippen molar-refractivity contribution < 1.29 is 75.8 Å². The number of aliphatic hydroxyl groups excluding tert-OH is 2. The molecule has 119 heavy (non-hydrogen) atoms. The van der Waals surface area contributed by atoms with Crippen LogP contribution < -0.4 is 0 Å². The first kappa shape index (κ1) is 113. The van der Waals surface area contributed by atoms with Gasteiger partial charge in [-0.3, -0.25) is 32.5 Å². The summed E-state index contributed by atoms with van der Waals surface area (Å²) in [6.07, 6.45) is 123. The van der Waals surface area contributed by atoms with Crippen LogP contribution in [0.4, 0.5) is 0 Å². The molecule has 0 amide bonds. The van der Waals surface area contributed by atoms with Crippen molar-refractivity contribution in [3.63, 3.8) is 0 Å². The molecule has 18 heteroatoms. The van der Waals surface area contributed by atoms with Crippen LogP contribution in [0.15, 0.2) is 207 Å². The van der Waals surface area contributed by atoms with E-state index in [1.807, 2.05) is 0 Å². The Kier molecular flexibility index (Phi) is 86.8. The standard InChI is InChI=1S/C101H166O16P2/c1-4-7-10-13-16-19-22-25-28-31-34-37-39-41-43-44-45-46-47-48-49-50-52-54-55-58-60-63-66-69-72-75-78-81-84-87-99(104)111-90-96(102)91-113-118(107,108)114-92-97(103)93-115-119(109,110)116-95-98(117-101(106)89-86-83-80-77-74-71-68-65-62-57-36-33-30-27-24-21-18-15-12-9-6-3)94-112-100(105)88-85-82-79-76-73-70-67-64-61-59-56-53-51-42-40-38-35-32-29-26-23-20-17-14-11-8-5-2/h7-12,16-21,25-30,34-38,41-43,45-46,51,57,65,68,74,77,96-98,102-103H,4-6,13-15,22-24,31-33,39-40,44,47-50,52-56,58-64,66-67,69-73,75-76,78-95H2,1-3H3,(H,107,108)(H,109,110)/b10-7-,11-8-,12-9-,19-16-,20-17-,21-18-,28-25-,29-26-,30-27-,37-34-,38-35-,43-41-,46-45-,51-42-,57-36-,68-65-,77-74-. The average molecular weight is 1700 g/mol. The van der Waals surface area contributed by atoms with Crippen LogP contribution in [-0.4, -0.2) is 95.9 Å². The Morgan fingerprint density at radius 1 is 0.235 bits per heavy atom. The van der Waals surface area contributed by atoms with E-state index in [0.717, 1.165) is 167 Å². The van der Waals surface area contributed by atoms with Crippen LogP contribution in [0.3, 0.4) is 0 Å². The van der Waals surface area contributed by atoms with Gasteiger partial charge >= 0.3 is 33.6 Å². The van der Waals surface area contributed by atoms with E-state index < -0.39 is 91.5 Å². The molecule has 0 fully saturated rings. The van der Waals surface area contributed by atoms with Crippen LogP contribution in [0.5, 0.6) is 0 Å². The van der Waals surface area contributed by atoms with Gasteiger partial charge in [0.1, 0.15) is 25.4 Å². The summed E-state index contributed by atoms with van der Waals surface area (Å²) in [5, 5.41) is 20.7. The van der Waals surface area contributed by atoms with E-state index in [1.54, 1.807) is 0 Å². The van der Waals surface area contributed by atoms with E-state index in [2.05, 4.69) is 227 Å². The highest BCUT2D eigenvalue weighted by atomic mass is 31.2. The number of aliphatic hydroxyl groups is 2. The lowest BCUT2D eigenvalue weighted by molar-refractivity contribution is -0.161. The SMILES string of the molecule is CC/C=C\C/C=C\C/C=C\C/C=C\C/C=C\C/C=C\CCCCCCCCCCCCCCCCCCC(=O)OCC(O)COP(=O)(O)OCC(O)COP(=O)(O)OCC(COC(=O)CCCCCCCCCCCCC/C=C\C/C=C\C/C=C\C/C=C\C/C=C\CC)OC(=O)CCCC/C=C\C/C=C\C/C=C\C/C=C\C/C=C\C/C=C\CC. The van der Waals surface area contributed by atoms with Gasteiger partial charge in [0.15, 0.2) is 6.10 Å². The second kappa shape index (κ2) is 91.3. The maximum atomic E-state index is 13.0. The van der Waals surface area contributed by atoms with Gasteiger partial charge in [0.25, 0.3) is 0 Å². The van der Waals surface area contributed by atoms with Crippen molar-refractivity contribution in [2.75, 3.05) is 39.6 Å². The fourth-order valence-corrected chi connectivity index (χ4v) is 13.7. The lowest BCUT2D eigenvalue weighted by atomic mass is 10.0. The first-order valence-electron chi connectivity index (χ1n) is 46.4. The topological polar surface area (TPSA) is 231 Å². The molecule has 0 aromatic rings. The summed E-state index contributed by atoms with van der Waals surface area (Å²) in [5.41, 5.74) is 0. The zero-order chi connectivity index (χ0) is 86.5. The van der Waals surface area contributed by atoms with Gasteiger partial charge in [-0.15, -0.1) is 0 Å². The Labute approximate surface area is 724 Å². The molecule has 4 N–H and O–H groups in total. The van der Waals surface area contributed by atoms with Crippen LogP contribution in [0, 0.1) is 0 Å². The van der Waals surface area contributed by atoms with Gasteiger partial charge in [0.2, 0.25) is 0 Å². The van der Waals surface area contributed by atoms with Gasteiger partial charge in [-0.05, 0) is 167 Å². The molecule has 0 aliphatic heterocycles. The van der Waals surface area contributed by atoms with E-state index in [1.165, 1.54) is 122 Å². The number of ether oxygens (including phenoxy) is 3. The molecule has 16 nitrogen and oxygen atoms in total. The highest BCUT2D eigenvalue weighted by molar-refractivity contribution is 7.47. The van der Waals surface area contributed by atoms with E-state index in [0.29, 0.717) is 25.7 Å². The fraction of sp³-hybridized carbons (Fsp3) is 0.634. The number of carbonyl (C=O) groups excluding carboxylic acids is 3. The molecular weight excluding hydrogens is 1530 g/mol.